The van der Waals surface area contributed by atoms with Gasteiger partial charge in [0, 0.05) is 19.1 Å². The van der Waals surface area contributed by atoms with E-state index in [-0.39, 0.29) is 5.91 Å². The molecule has 1 atom stereocenters. The highest BCUT2D eigenvalue weighted by Gasteiger charge is 2.26. The van der Waals surface area contributed by atoms with Crippen LogP contribution >= 0.6 is 0 Å². The first-order valence-corrected chi connectivity index (χ1v) is 7.20. The van der Waals surface area contributed by atoms with E-state index in [1.165, 1.54) is 0 Å². The van der Waals surface area contributed by atoms with Gasteiger partial charge in [0.2, 0.25) is 5.91 Å². The van der Waals surface area contributed by atoms with Crippen LogP contribution in [0.1, 0.15) is 48.0 Å². The van der Waals surface area contributed by atoms with Crippen LogP contribution in [0.25, 0.3) is 0 Å². The van der Waals surface area contributed by atoms with Crippen LogP contribution < -0.4 is 16.0 Å². The van der Waals surface area contributed by atoms with E-state index in [4.69, 9.17) is 0 Å². The number of nitrogens with one attached hydrogen (secondary N) is 3. The van der Waals surface area contributed by atoms with E-state index >= 15 is 0 Å². The lowest BCUT2D eigenvalue weighted by Gasteiger charge is -2.22. The molecule has 1 unspecified atom stereocenters. The molecule has 0 bridgehead atoms. The molecule has 19 heavy (non-hydrogen) atoms. The average molecular weight is 270 g/mol. The predicted molar refractivity (Wildman–Crippen MR) is 81.3 cm³/mol. The van der Waals surface area contributed by atoms with Crippen molar-refractivity contribution in [1.29, 1.82) is 0 Å². The lowest BCUT2D eigenvalue weighted by Crippen LogP contribution is -2.44. The molecule has 0 aliphatic heterocycles. The van der Waals surface area contributed by atoms with Crippen molar-refractivity contribution in [3.63, 3.8) is 0 Å². The molecule has 0 aromatic heterocycles. The summed E-state index contributed by atoms with van der Waals surface area (Å²) in [4.78, 5) is 16.4. The van der Waals surface area contributed by atoms with Crippen LogP contribution in [0.5, 0.6) is 0 Å². The first kappa shape index (κ1) is 17.7. The lowest BCUT2D eigenvalue weighted by atomic mass is 9.92. The quantitative estimate of drug-likeness (QED) is 0.485. The Morgan fingerprint density at radius 2 is 1.74 bits per heavy atom. The highest BCUT2D eigenvalue weighted by Crippen LogP contribution is 2.15. The smallest absolute Gasteiger partial charge is 0.227 e. The van der Waals surface area contributed by atoms with E-state index in [1.54, 1.807) is 0 Å². The highest BCUT2D eigenvalue weighted by atomic mass is 16.2. The molecule has 0 rings (SSSR count). The lowest BCUT2D eigenvalue weighted by molar-refractivity contribution is -0.128. The zero-order valence-corrected chi connectivity index (χ0v) is 13.3. The van der Waals surface area contributed by atoms with Crippen LogP contribution in [0.15, 0.2) is 4.99 Å². The van der Waals surface area contributed by atoms with Crippen molar-refractivity contribution in [3.8, 4) is 0 Å². The van der Waals surface area contributed by atoms with Gasteiger partial charge in [-0.2, -0.15) is 0 Å². The number of carbonyl (C=O) groups is 1. The SMILES string of the molecule is CCNC(=O)C(C)(C)CN=C(NCC)NC(C)CC. The van der Waals surface area contributed by atoms with Gasteiger partial charge in [-0.1, -0.05) is 6.92 Å². The Balaban J connectivity index is 4.62. The van der Waals surface area contributed by atoms with E-state index in [0.29, 0.717) is 19.1 Å². The molecule has 0 aromatic carbocycles. The maximum atomic E-state index is 11.9. The first-order valence-electron chi connectivity index (χ1n) is 7.20. The number of hydrogen-bond donors (Lipinski definition) is 3. The Morgan fingerprint density at radius 3 is 2.21 bits per heavy atom. The summed E-state index contributed by atoms with van der Waals surface area (Å²) >= 11 is 0. The summed E-state index contributed by atoms with van der Waals surface area (Å²) < 4.78 is 0. The fourth-order valence-electron chi connectivity index (χ4n) is 1.40. The second-order valence-corrected chi connectivity index (χ2v) is 5.39. The van der Waals surface area contributed by atoms with Gasteiger partial charge in [-0.25, -0.2) is 0 Å². The Bertz CT molecular complexity index is 300. The van der Waals surface area contributed by atoms with E-state index < -0.39 is 5.41 Å². The second-order valence-electron chi connectivity index (χ2n) is 5.39. The van der Waals surface area contributed by atoms with Crippen LogP contribution in [0, 0.1) is 5.41 Å². The molecule has 0 aliphatic rings. The standard InChI is InChI=1S/C14H30N4O/c1-7-11(4)18-13(16-9-3)17-10-14(5,6)12(19)15-8-2/h11H,7-10H2,1-6H3,(H,15,19)(H2,16,17,18). The maximum absolute atomic E-state index is 11.9. The summed E-state index contributed by atoms with van der Waals surface area (Å²) in [7, 11) is 0. The summed E-state index contributed by atoms with van der Waals surface area (Å²) in [6.07, 6.45) is 1.03. The number of rotatable bonds is 7. The van der Waals surface area contributed by atoms with Gasteiger partial charge in [-0.3, -0.25) is 9.79 Å². The summed E-state index contributed by atoms with van der Waals surface area (Å²) in [5.74, 6) is 0.812. The first-order chi connectivity index (χ1) is 8.87. The minimum atomic E-state index is -0.492. The summed E-state index contributed by atoms with van der Waals surface area (Å²) in [6, 6.07) is 0.366. The fraction of sp³-hybridized carbons (Fsp3) is 0.857. The number of guanidine groups is 1. The van der Waals surface area contributed by atoms with Gasteiger partial charge in [0.15, 0.2) is 5.96 Å². The van der Waals surface area contributed by atoms with Crippen molar-refractivity contribution in [3.05, 3.63) is 0 Å². The third-order valence-electron chi connectivity index (χ3n) is 2.92. The zero-order valence-electron chi connectivity index (χ0n) is 13.3. The molecular formula is C14H30N4O. The molecule has 0 heterocycles. The molecule has 0 radical (unpaired) electrons. The monoisotopic (exact) mass is 270 g/mol. The molecule has 0 aromatic rings. The minimum Gasteiger partial charge on any atom is -0.357 e. The summed E-state index contributed by atoms with van der Waals surface area (Å²) in [6.45, 7) is 13.9. The minimum absolute atomic E-state index is 0.0399. The van der Waals surface area contributed by atoms with Crippen LogP contribution in [0.4, 0.5) is 0 Å². The van der Waals surface area contributed by atoms with Crippen LogP contribution in [0.2, 0.25) is 0 Å². The zero-order chi connectivity index (χ0) is 14.9. The number of nitrogens with zero attached hydrogens (tertiary/aromatic N) is 1. The molecule has 0 saturated heterocycles. The number of carbonyl (C=O) groups excluding carboxylic acids is 1. The van der Waals surface area contributed by atoms with E-state index in [0.717, 1.165) is 18.9 Å². The molecule has 5 nitrogen and oxygen atoms in total. The molecular weight excluding hydrogens is 240 g/mol. The topological polar surface area (TPSA) is 65.5 Å². The van der Waals surface area contributed by atoms with E-state index in [9.17, 15) is 4.79 Å². The molecule has 0 fully saturated rings. The van der Waals surface area contributed by atoms with Gasteiger partial charge in [0.05, 0.1) is 12.0 Å². The van der Waals surface area contributed by atoms with E-state index in [2.05, 4.69) is 34.8 Å². The van der Waals surface area contributed by atoms with Crippen LogP contribution in [-0.4, -0.2) is 37.5 Å². The van der Waals surface area contributed by atoms with E-state index in [1.807, 2.05) is 27.7 Å². The Hall–Kier alpha value is -1.26. The number of hydrogen-bond acceptors (Lipinski definition) is 2. The van der Waals surface area contributed by atoms with Gasteiger partial charge in [0.1, 0.15) is 0 Å². The third-order valence-corrected chi connectivity index (χ3v) is 2.92. The highest BCUT2D eigenvalue weighted by molar-refractivity contribution is 5.83. The Labute approximate surface area is 117 Å². The van der Waals surface area contributed by atoms with Crippen molar-refractivity contribution >= 4 is 11.9 Å². The third kappa shape index (κ3) is 7.03. The number of amides is 1. The Morgan fingerprint density at radius 1 is 1.16 bits per heavy atom. The van der Waals surface area contributed by atoms with Gasteiger partial charge < -0.3 is 16.0 Å². The van der Waals surface area contributed by atoms with Gasteiger partial charge in [-0.05, 0) is 41.0 Å². The molecule has 0 spiro atoms. The van der Waals surface area contributed by atoms with Gasteiger partial charge in [-0.15, -0.1) is 0 Å². The van der Waals surface area contributed by atoms with Gasteiger partial charge >= 0.3 is 0 Å². The van der Waals surface area contributed by atoms with Crippen molar-refractivity contribution in [2.75, 3.05) is 19.6 Å². The molecule has 0 saturated carbocycles. The largest absolute Gasteiger partial charge is 0.357 e. The van der Waals surface area contributed by atoms with Crippen molar-refractivity contribution < 1.29 is 4.79 Å². The molecule has 112 valence electrons. The summed E-state index contributed by atoms with van der Waals surface area (Å²) in [5.41, 5.74) is -0.492. The number of aliphatic imine (C=N–C) groups is 1. The predicted octanol–water partition coefficient (Wildman–Crippen LogP) is 1.50. The summed E-state index contributed by atoms with van der Waals surface area (Å²) in [5, 5.41) is 9.36. The molecule has 5 heteroatoms. The van der Waals surface area contributed by atoms with Crippen molar-refractivity contribution in [1.82, 2.24) is 16.0 Å². The molecule has 0 aliphatic carbocycles. The Kier molecular flexibility index (Phi) is 8.19. The maximum Gasteiger partial charge on any atom is 0.227 e. The fourth-order valence-corrected chi connectivity index (χ4v) is 1.40. The van der Waals surface area contributed by atoms with Crippen molar-refractivity contribution in [2.45, 2.75) is 54.0 Å². The van der Waals surface area contributed by atoms with Gasteiger partial charge in [0.25, 0.3) is 0 Å². The van der Waals surface area contributed by atoms with Crippen LogP contribution in [0.3, 0.4) is 0 Å². The van der Waals surface area contributed by atoms with Crippen molar-refractivity contribution in [2.24, 2.45) is 10.4 Å². The van der Waals surface area contributed by atoms with Crippen LogP contribution in [-0.2, 0) is 4.79 Å². The second kappa shape index (κ2) is 8.77. The average Bonchev–Trinajstić information content (AvgIpc) is 2.36. The normalized spacial score (nSPS) is 13.9. The molecule has 1 amide bonds. The molecule has 3 N–H and O–H groups in total.